The van der Waals surface area contributed by atoms with Crippen molar-refractivity contribution in [2.24, 2.45) is 0 Å². The van der Waals surface area contributed by atoms with E-state index in [2.05, 4.69) is 9.55 Å². The number of fused-ring (bicyclic) bond motifs is 3. The van der Waals surface area contributed by atoms with Crippen molar-refractivity contribution in [3.63, 3.8) is 0 Å². The van der Waals surface area contributed by atoms with Crippen LogP contribution in [0.5, 0.6) is 11.5 Å². The number of pyridine rings is 1. The molecule has 0 radical (unpaired) electrons. The van der Waals surface area contributed by atoms with Crippen molar-refractivity contribution in [2.45, 2.75) is 6.54 Å². The van der Waals surface area contributed by atoms with Crippen LogP contribution in [0.1, 0.15) is 5.69 Å². The Morgan fingerprint density at radius 3 is 2.81 bits per heavy atom. The van der Waals surface area contributed by atoms with E-state index < -0.39 is 0 Å². The van der Waals surface area contributed by atoms with Crippen molar-refractivity contribution in [1.29, 1.82) is 0 Å². The predicted octanol–water partition coefficient (Wildman–Crippen LogP) is 1.96. The molecule has 4 heteroatoms. The van der Waals surface area contributed by atoms with E-state index in [0.717, 1.165) is 34.0 Å². The fourth-order valence-corrected chi connectivity index (χ4v) is 2.48. The van der Waals surface area contributed by atoms with Gasteiger partial charge in [0.15, 0.2) is 11.5 Å². The smallest absolute Gasteiger partial charge is 0.159 e. The van der Waals surface area contributed by atoms with Crippen molar-refractivity contribution in [1.82, 2.24) is 9.55 Å². The highest BCUT2D eigenvalue weighted by atomic mass is 16.3. The number of phenols is 2. The lowest BCUT2D eigenvalue weighted by Crippen LogP contribution is -2.12. The summed E-state index contributed by atoms with van der Waals surface area (Å²) in [6.45, 7) is 0.778. The summed E-state index contributed by atoms with van der Waals surface area (Å²) >= 11 is 0. The molecule has 0 spiro atoms. The average Bonchev–Trinajstić information content (AvgIpc) is 2.50. The standard InChI is InChI=1S/C12H8N2O2/c15-10-3-7-6-1-2-13-8-5-14(12(6)8)9(7)4-11(10)16/h1-4,15-16H,5H2. The van der Waals surface area contributed by atoms with Crippen molar-refractivity contribution < 1.29 is 10.2 Å². The van der Waals surface area contributed by atoms with E-state index in [1.54, 1.807) is 18.3 Å². The molecule has 0 unspecified atom stereocenters. The normalized spacial score (nSPS) is 13.2. The minimum atomic E-state index is -0.0770. The van der Waals surface area contributed by atoms with Crippen LogP contribution in [0.3, 0.4) is 0 Å². The van der Waals surface area contributed by atoms with Crippen LogP contribution in [0.2, 0.25) is 0 Å². The molecule has 3 heterocycles. The van der Waals surface area contributed by atoms with Gasteiger partial charge in [0.1, 0.15) is 0 Å². The molecule has 0 aliphatic carbocycles. The summed E-state index contributed by atoms with van der Waals surface area (Å²) in [4.78, 5) is 4.28. The summed E-state index contributed by atoms with van der Waals surface area (Å²) in [5.41, 5.74) is 3.14. The van der Waals surface area contributed by atoms with Crippen molar-refractivity contribution in [3.05, 3.63) is 30.1 Å². The lowest BCUT2D eigenvalue weighted by Gasteiger charge is -2.17. The monoisotopic (exact) mass is 212 g/mol. The summed E-state index contributed by atoms with van der Waals surface area (Å²) in [5, 5.41) is 21.1. The molecule has 2 aromatic heterocycles. The van der Waals surface area contributed by atoms with Gasteiger partial charge in [-0.25, -0.2) is 0 Å². The van der Waals surface area contributed by atoms with Gasteiger partial charge in [-0.2, -0.15) is 0 Å². The van der Waals surface area contributed by atoms with Gasteiger partial charge in [0.05, 0.1) is 23.3 Å². The van der Waals surface area contributed by atoms with Crippen molar-refractivity contribution in [3.8, 4) is 11.5 Å². The fourth-order valence-electron chi connectivity index (χ4n) is 2.48. The third-order valence-electron chi connectivity index (χ3n) is 3.25. The first kappa shape index (κ1) is 7.98. The first-order valence-corrected chi connectivity index (χ1v) is 5.07. The van der Waals surface area contributed by atoms with E-state index in [4.69, 9.17) is 0 Å². The zero-order chi connectivity index (χ0) is 10.9. The lowest BCUT2D eigenvalue weighted by atomic mass is 10.1. The van der Waals surface area contributed by atoms with E-state index in [1.165, 1.54) is 0 Å². The maximum absolute atomic E-state index is 9.53. The number of hydrogen-bond acceptors (Lipinski definition) is 3. The second-order valence-corrected chi connectivity index (χ2v) is 4.10. The Kier molecular flexibility index (Phi) is 1.14. The molecule has 16 heavy (non-hydrogen) atoms. The van der Waals surface area contributed by atoms with Crippen LogP contribution in [0, 0.1) is 0 Å². The SMILES string of the molecule is Oc1cc2c3ccnc4c3n(c2cc1O)C4. The van der Waals surface area contributed by atoms with Gasteiger partial charge in [0.2, 0.25) is 0 Å². The van der Waals surface area contributed by atoms with Crippen LogP contribution in [0.15, 0.2) is 24.4 Å². The number of phenolic OH excluding ortho intramolecular Hbond substituents is 2. The first-order valence-electron chi connectivity index (χ1n) is 5.07. The summed E-state index contributed by atoms with van der Waals surface area (Å²) in [6.07, 6.45) is 1.78. The Hall–Kier alpha value is -2.23. The Morgan fingerprint density at radius 2 is 1.94 bits per heavy atom. The molecule has 4 nitrogen and oxygen atoms in total. The zero-order valence-corrected chi connectivity index (χ0v) is 8.31. The summed E-state index contributed by atoms with van der Waals surface area (Å²) in [7, 11) is 0. The Labute approximate surface area is 90.4 Å². The number of benzene rings is 1. The van der Waals surface area contributed by atoms with Gasteiger partial charge in [-0.1, -0.05) is 0 Å². The van der Waals surface area contributed by atoms with Gasteiger partial charge < -0.3 is 14.8 Å². The van der Waals surface area contributed by atoms with Crippen LogP contribution in [0.25, 0.3) is 21.8 Å². The van der Waals surface area contributed by atoms with Crippen molar-refractivity contribution >= 4 is 21.8 Å². The molecule has 3 aromatic rings. The average molecular weight is 212 g/mol. The molecule has 1 aromatic carbocycles. The minimum Gasteiger partial charge on any atom is -0.504 e. The topological polar surface area (TPSA) is 58.3 Å². The molecule has 0 amide bonds. The first-order chi connectivity index (χ1) is 7.75. The molecular formula is C12H8N2O2. The van der Waals surface area contributed by atoms with Crippen LogP contribution in [-0.4, -0.2) is 19.8 Å². The van der Waals surface area contributed by atoms with Gasteiger partial charge in [-0.15, -0.1) is 0 Å². The third-order valence-corrected chi connectivity index (χ3v) is 3.25. The molecule has 4 rings (SSSR count). The second-order valence-electron chi connectivity index (χ2n) is 4.10. The maximum Gasteiger partial charge on any atom is 0.159 e. The highest BCUT2D eigenvalue weighted by molar-refractivity contribution is 6.11. The van der Waals surface area contributed by atoms with Gasteiger partial charge in [-0.3, -0.25) is 4.98 Å². The zero-order valence-electron chi connectivity index (χ0n) is 8.31. The van der Waals surface area contributed by atoms with Gasteiger partial charge in [0, 0.05) is 23.0 Å². The van der Waals surface area contributed by atoms with Gasteiger partial charge in [-0.05, 0) is 12.1 Å². The molecule has 0 fully saturated rings. The van der Waals surface area contributed by atoms with E-state index in [1.807, 2.05) is 6.07 Å². The van der Waals surface area contributed by atoms with Crippen LogP contribution in [0.4, 0.5) is 0 Å². The summed E-state index contributed by atoms with van der Waals surface area (Å²) < 4.78 is 2.10. The molecule has 0 atom stereocenters. The van der Waals surface area contributed by atoms with E-state index in [-0.39, 0.29) is 11.5 Å². The Bertz CT molecular complexity index is 759. The van der Waals surface area contributed by atoms with Crippen LogP contribution < -0.4 is 0 Å². The van der Waals surface area contributed by atoms with E-state index in [0.29, 0.717) is 0 Å². The van der Waals surface area contributed by atoms with E-state index >= 15 is 0 Å². The predicted molar refractivity (Wildman–Crippen MR) is 59.7 cm³/mol. The van der Waals surface area contributed by atoms with Crippen molar-refractivity contribution in [2.75, 3.05) is 0 Å². The van der Waals surface area contributed by atoms with Gasteiger partial charge in [0.25, 0.3) is 0 Å². The summed E-state index contributed by atoms with van der Waals surface area (Å²) in [6, 6.07) is 5.15. The number of aromatic nitrogens is 2. The number of aromatic hydroxyl groups is 2. The number of rotatable bonds is 0. The minimum absolute atomic E-state index is 0.0760. The third kappa shape index (κ3) is 0.713. The number of nitrogens with zero attached hydrogens (tertiary/aromatic N) is 2. The molecule has 0 saturated heterocycles. The summed E-state index contributed by atoms with van der Waals surface area (Å²) in [5.74, 6) is -0.153. The molecule has 0 saturated carbocycles. The number of hydrogen-bond donors (Lipinski definition) is 2. The molecule has 78 valence electrons. The Morgan fingerprint density at radius 1 is 1.12 bits per heavy atom. The Balaban J connectivity index is 2.34. The molecule has 0 bridgehead atoms. The van der Waals surface area contributed by atoms with Crippen LogP contribution >= 0.6 is 0 Å². The maximum atomic E-state index is 9.53. The highest BCUT2D eigenvalue weighted by Crippen LogP contribution is 2.40. The van der Waals surface area contributed by atoms with Crippen LogP contribution in [-0.2, 0) is 6.54 Å². The largest absolute Gasteiger partial charge is 0.504 e. The molecule has 1 aliphatic rings. The molecule has 1 aliphatic heterocycles. The second kappa shape index (κ2) is 2.29. The fraction of sp³-hybridized carbons (Fsp3) is 0.0833. The lowest BCUT2D eigenvalue weighted by molar-refractivity contribution is 0.404. The molecular weight excluding hydrogens is 204 g/mol. The molecule has 2 N–H and O–H groups in total. The highest BCUT2D eigenvalue weighted by Gasteiger charge is 2.23. The van der Waals surface area contributed by atoms with Gasteiger partial charge >= 0.3 is 0 Å². The van der Waals surface area contributed by atoms with E-state index in [9.17, 15) is 10.2 Å². The quantitative estimate of drug-likeness (QED) is 0.438.